The maximum Gasteiger partial charge on any atom is 0.221 e. The van der Waals surface area contributed by atoms with Crippen molar-refractivity contribution < 1.29 is 13.2 Å². The predicted octanol–water partition coefficient (Wildman–Crippen LogP) is 3.39. The highest BCUT2D eigenvalue weighted by molar-refractivity contribution is 7.95. The number of hydrogen-bond acceptors (Lipinski definition) is 4. The van der Waals surface area contributed by atoms with E-state index in [-0.39, 0.29) is 11.3 Å². The molecule has 0 bridgehead atoms. The molecule has 7 heteroatoms. The number of carbonyl (C=O) groups is 1. The Hall–Kier alpha value is -3.37. The van der Waals surface area contributed by atoms with E-state index in [2.05, 4.69) is 4.98 Å². The van der Waals surface area contributed by atoms with Crippen LogP contribution in [-0.2, 0) is 21.1 Å². The van der Waals surface area contributed by atoms with Gasteiger partial charge >= 0.3 is 0 Å². The third-order valence-electron chi connectivity index (χ3n) is 4.91. The van der Waals surface area contributed by atoms with E-state index in [1.54, 1.807) is 12.1 Å². The van der Waals surface area contributed by atoms with Gasteiger partial charge < -0.3 is 10.7 Å². The third-order valence-corrected chi connectivity index (χ3v) is 5.92. The molecule has 148 valence electrons. The summed E-state index contributed by atoms with van der Waals surface area (Å²) >= 11 is 0. The van der Waals surface area contributed by atoms with E-state index in [0.29, 0.717) is 5.56 Å². The Kier molecular flexibility index (Phi) is 5.31. The molecule has 3 rings (SSSR count). The number of benzene rings is 2. The van der Waals surface area contributed by atoms with Crippen molar-refractivity contribution in [2.45, 2.75) is 20.3 Å². The molecule has 0 aliphatic carbocycles. The number of fused-ring (bicyclic) bond motifs is 1. The molecule has 0 fully saturated rings. The Morgan fingerprint density at radius 1 is 1.24 bits per heavy atom. The number of amides is 1. The van der Waals surface area contributed by atoms with Crippen molar-refractivity contribution in [2.24, 2.45) is 5.73 Å². The molecule has 0 saturated heterocycles. The Balaban J connectivity index is 2.22. The average Bonchev–Trinajstić information content (AvgIpc) is 2.94. The van der Waals surface area contributed by atoms with Gasteiger partial charge in [-0.25, -0.2) is 8.42 Å². The molecular formula is C22H21N3O3S. The SMILES string of the molecule is Cc1[nH]c2c(CC(N)=O)ccc(-c3cccc(C=C(C#N)S(C)(=O)=O)c3)c2c1C. The molecule has 0 unspecified atom stereocenters. The van der Waals surface area contributed by atoms with E-state index in [9.17, 15) is 13.2 Å². The fourth-order valence-electron chi connectivity index (χ4n) is 3.39. The first kappa shape index (κ1) is 20.4. The molecule has 1 aromatic heterocycles. The van der Waals surface area contributed by atoms with Crippen LogP contribution in [0.1, 0.15) is 22.4 Å². The van der Waals surface area contributed by atoms with E-state index >= 15 is 0 Å². The lowest BCUT2D eigenvalue weighted by Crippen LogP contribution is -2.13. The number of rotatable bonds is 5. The minimum atomic E-state index is -3.59. The van der Waals surface area contributed by atoms with Crippen molar-refractivity contribution in [2.75, 3.05) is 6.26 Å². The first-order valence-electron chi connectivity index (χ1n) is 8.93. The number of aromatic nitrogens is 1. The van der Waals surface area contributed by atoms with Gasteiger partial charge in [-0.3, -0.25) is 4.79 Å². The van der Waals surface area contributed by atoms with Crippen LogP contribution in [0.15, 0.2) is 41.3 Å². The minimum absolute atomic E-state index is 0.138. The third kappa shape index (κ3) is 4.08. The first-order chi connectivity index (χ1) is 13.6. The normalized spacial score (nSPS) is 12.1. The second-order valence-electron chi connectivity index (χ2n) is 7.06. The molecule has 1 heterocycles. The van der Waals surface area contributed by atoms with Crippen LogP contribution in [0, 0.1) is 25.2 Å². The lowest BCUT2D eigenvalue weighted by atomic mass is 9.94. The number of primary amides is 1. The molecular weight excluding hydrogens is 386 g/mol. The van der Waals surface area contributed by atoms with Crippen LogP contribution in [-0.4, -0.2) is 25.6 Å². The predicted molar refractivity (Wildman–Crippen MR) is 115 cm³/mol. The fourth-order valence-corrected chi connectivity index (χ4v) is 3.91. The Bertz CT molecular complexity index is 1310. The molecule has 3 aromatic rings. The van der Waals surface area contributed by atoms with E-state index in [1.807, 2.05) is 44.2 Å². The quantitative estimate of drug-likeness (QED) is 0.630. The van der Waals surface area contributed by atoms with Gasteiger partial charge in [-0.2, -0.15) is 5.26 Å². The number of nitrogens with zero attached hydrogens (tertiary/aromatic N) is 1. The maximum atomic E-state index is 11.7. The highest BCUT2D eigenvalue weighted by Gasteiger charge is 2.16. The molecule has 0 radical (unpaired) electrons. The summed E-state index contributed by atoms with van der Waals surface area (Å²) in [6.45, 7) is 3.98. The van der Waals surface area contributed by atoms with Crippen LogP contribution in [0.2, 0.25) is 0 Å². The van der Waals surface area contributed by atoms with Crippen molar-refractivity contribution in [1.82, 2.24) is 4.98 Å². The van der Waals surface area contributed by atoms with Gasteiger partial charge in [-0.1, -0.05) is 30.3 Å². The van der Waals surface area contributed by atoms with Gasteiger partial charge in [0.2, 0.25) is 5.91 Å². The molecule has 6 nitrogen and oxygen atoms in total. The Labute approximate surface area is 169 Å². The molecule has 2 aromatic carbocycles. The number of allylic oxidation sites excluding steroid dienone is 1. The number of nitriles is 1. The minimum Gasteiger partial charge on any atom is -0.369 e. The standard InChI is InChI=1S/C22H21N3O3S/c1-13-14(2)25-22-17(11-20(24)26)7-8-19(21(13)22)16-6-4-5-15(9-16)10-18(12-23)29(3,27)28/h4-10,25H,11H2,1-3H3,(H2,24,26). The topological polar surface area (TPSA) is 117 Å². The van der Waals surface area contributed by atoms with Crippen molar-refractivity contribution in [1.29, 1.82) is 5.26 Å². The number of aryl methyl sites for hydroxylation is 2. The number of hydrogen-bond donors (Lipinski definition) is 2. The first-order valence-corrected chi connectivity index (χ1v) is 10.8. The number of carbonyl (C=O) groups excluding carboxylic acids is 1. The lowest BCUT2D eigenvalue weighted by molar-refractivity contribution is -0.117. The maximum absolute atomic E-state index is 11.7. The molecule has 0 atom stereocenters. The fraction of sp³-hybridized carbons (Fsp3) is 0.182. The zero-order chi connectivity index (χ0) is 21.3. The van der Waals surface area contributed by atoms with Crippen molar-refractivity contribution in [3.8, 4) is 17.2 Å². The monoisotopic (exact) mass is 407 g/mol. The van der Waals surface area contributed by atoms with Crippen LogP contribution in [0.25, 0.3) is 28.1 Å². The number of aromatic amines is 1. The number of nitrogens with two attached hydrogens (primary N) is 1. The van der Waals surface area contributed by atoms with Gasteiger partial charge in [0.1, 0.15) is 11.0 Å². The highest BCUT2D eigenvalue weighted by Crippen LogP contribution is 2.35. The van der Waals surface area contributed by atoms with Crippen LogP contribution in [0.5, 0.6) is 0 Å². The zero-order valence-corrected chi connectivity index (χ0v) is 17.2. The van der Waals surface area contributed by atoms with Crippen molar-refractivity contribution in [3.05, 3.63) is 63.7 Å². The van der Waals surface area contributed by atoms with Crippen molar-refractivity contribution in [3.63, 3.8) is 0 Å². The zero-order valence-electron chi connectivity index (χ0n) is 16.4. The summed E-state index contributed by atoms with van der Waals surface area (Å²) in [4.78, 5) is 14.5. The molecule has 1 amide bonds. The van der Waals surface area contributed by atoms with E-state index < -0.39 is 15.7 Å². The largest absolute Gasteiger partial charge is 0.369 e. The second-order valence-corrected chi connectivity index (χ2v) is 9.04. The molecule has 0 aliphatic heterocycles. The van der Waals surface area contributed by atoms with Crippen LogP contribution in [0.3, 0.4) is 0 Å². The van der Waals surface area contributed by atoms with Crippen molar-refractivity contribution >= 4 is 32.7 Å². The number of nitrogens with one attached hydrogen (secondary N) is 1. The van der Waals surface area contributed by atoms with Gasteiger partial charge in [0.25, 0.3) is 0 Å². The number of sulfone groups is 1. The summed E-state index contributed by atoms with van der Waals surface area (Å²) in [5.41, 5.74) is 11.6. The lowest BCUT2D eigenvalue weighted by Gasteiger charge is -2.10. The summed E-state index contributed by atoms with van der Waals surface area (Å²) in [6.07, 6.45) is 2.52. The average molecular weight is 407 g/mol. The van der Waals surface area contributed by atoms with Gasteiger partial charge in [-0.15, -0.1) is 0 Å². The number of H-pyrrole nitrogens is 1. The summed E-state index contributed by atoms with van der Waals surface area (Å²) in [7, 11) is -3.59. The summed E-state index contributed by atoms with van der Waals surface area (Å²) < 4.78 is 23.5. The molecule has 0 spiro atoms. The van der Waals surface area contributed by atoms with Crippen LogP contribution < -0.4 is 5.73 Å². The smallest absolute Gasteiger partial charge is 0.221 e. The second kappa shape index (κ2) is 7.57. The van der Waals surface area contributed by atoms with E-state index in [4.69, 9.17) is 11.0 Å². The molecule has 0 aliphatic rings. The summed E-state index contributed by atoms with van der Waals surface area (Å²) in [5.74, 6) is -0.402. The van der Waals surface area contributed by atoms with Crippen LogP contribution >= 0.6 is 0 Å². The van der Waals surface area contributed by atoms with E-state index in [0.717, 1.165) is 45.1 Å². The van der Waals surface area contributed by atoms with Crippen LogP contribution in [0.4, 0.5) is 0 Å². The van der Waals surface area contributed by atoms with Gasteiger partial charge in [0, 0.05) is 17.3 Å². The van der Waals surface area contributed by atoms with Gasteiger partial charge in [-0.05, 0) is 53.8 Å². The summed E-state index contributed by atoms with van der Waals surface area (Å²) in [5, 5.41) is 10.1. The Morgan fingerprint density at radius 3 is 2.59 bits per heavy atom. The molecule has 3 N–H and O–H groups in total. The van der Waals surface area contributed by atoms with Gasteiger partial charge in [0.05, 0.1) is 11.9 Å². The molecule has 29 heavy (non-hydrogen) atoms. The Morgan fingerprint density at radius 2 is 1.97 bits per heavy atom. The van der Waals surface area contributed by atoms with Gasteiger partial charge in [0.15, 0.2) is 9.84 Å². The highest BCUT2D eigenvalue weighted by atomic mass is 32.2. The van der Waals surface area contributed by atoms with E-state index in [1.165, 1.54) is 6.08 Å². The summed E-state index contributed by atoms with van der Waals surface area (Å²) in [6, 6.07) is 12.9. The molecule has 0 saturated carbocycles.